The number of nitro groups is 2. The maximum absolute atomic E-state index is 13.0. The van der Waals surface area contributed by atoms with Gasteiger partial charge >= 0.3 is 0 Å². The number of hydrogen-bond acceptors (Lipinski definition) is 9. The molecule has 0 unspecified atom stereocenters. The smallest absolute Gasteiger partial charge is 0.292 e. The van der Waals surface area contributed by atoms with E-state index in [0.29, 0.717) is 31.9 Å². The molecule has 2 fully saturated rings. The Balaban J connectivity index is 1.48. The summed E-state index contributed by atoms with van der Waals surface area (Å²) in [5.41, 5.74) is 0.609. The van der Waals surface area contributed by atoms with Crippen LogP contribution in [-0.2, 0) is 14.8 Å². The van der Waals surface area contributed by atoms with Gasteiger partial charge < -0.3 is 15.0 Å². The van der Waals surface area contributed by atoms with E-state index in [4.69, 9.17) is 4.74 Å². The molecule has 0 radical (unpaired) electrons. The fraction of sp³-hybridized carbons (Fsp3) is 0.429. The second kappa shape index (κ2) is 9.91. The Hall–Kier alpha value is -3.29. The first-order valence-electron chi connectivity index (χ1n) is 10.9. The second-order valence-electron chi connectivity index (χ2n) is 8.09. The summed E-state index contributed by atoms with van der Waals surface area (Å²) in [7, 11) is -4.04. The van der Waals surface area contributed by atoms with Gasteiger partial charge in [0.15, 0.2) is 4.90 Å². The molecular weight excluding hydrogens is 466 g/mol. The van der Waals surface area contributed by atoms with Gasteiger partial charge in [0.1, 0.15) is 5.69 Å². The van der Waals surface area contributed by atoms with Gasteiger partial charge in [0.05, 0.1) is 16.0 Å². The van der Waals surface area contributed by atoms with Crippen molar-refractivity contribution in [3.05, 3.63) is 62.7 Å². The van der Waals surface area contributed by atoms with Gasteiger partial charge in [0, 0.05) is 57.2 Å². The maximum atomic E-state index is 13.0. The van der Waals surface area contributed by atoms with Crippen molar-refractivity contribution in [1.82, 2.24) is 4.31 Å². The topological polar surface area (TPSA) is 148 Å². The quantitative estimate of drug-likeness (QED) is 0.434. The summed E-state index contributed by atoms with van der Waals surface area (Å²) >= 11 is 0. The van der Waals surface area contributed by atoms with Crippen LogP contribution in [0.5, 0.6) is 0 Å². The van der Waals surface area contributed by atoms with Crippen molar-refractivity contribution in [3.8, 4) is 0 Å². The standard InChI is InChI=1S/C21H25N5O7S/c27-25(28)19-8-7-16(14-18(19)22-15-17-4-3-13-33-17)23-9-11-24(12-10-23)34(31,32)21-6-2-1-5-20(21)26(29)30/h1-2,5-8,14,17,22H,3-4,9-13,15H2/t17-/m0/s1. The zero-order valence-electron chi connectivity index (χ0n) is 18.3. The van der Waals surface area contributed by atoms with Crippen LogP contribution in [0.2, 0.25) is 0 Å². The highest BCUT2D eigenvalue weighted by molar-refractivity contribution is 7.89. The van der Waals surface area contributed by atoms with Crippen molar-refractivity contribution in [2.45, 2.75) is 23.8 Å². The number of para-hydroxylation sites is 1. The zero-order valence-corrected chi connectivity index (χ0v) is 19.1. The third-order valence-corrected chi connectivity index (χ3v) is 7.95. The predicted molar refractivity (Wildman–Crippen MR) is 125 cm³/mol. The number of rotatable bonds is 8. The Labute approximate surface area is 196 Å². The highest BCUT2D eigenvalue weighted by Crippen LogP contribution is 2.32. The van der Waals surface area contributed by atoms with Gasteiger partial charge in [-0.1, -0.05) is 12.1 Å². The van der Waals surface area contributed by atoms with Crippen LogP contribution in [0.4, 0.5) is 22.7 Å². The van der Waals surface area contributed by atoms with Crippen molar-refractivity contribution in [2.24, 2.45) is 0 Å². The molecule has 0 aromatic heterocycles. The summed E-state index contributed by atoms with van der Waals surface area (Å²) < 4.78 is 32.9. The molecule has 2 aromatic carbocycles. The molecule has 4 rings (SSSR count). The lowest BCUT2D eigenvalue weighted by atomic mass is 10.2. The van der Waals surface area contributed by atoms with Gasteiger partial charge in [0.25, 0.3) is 11.4 Å². The van der Waals surface area contributed by atoms with Crippen LogP contribution in [0.25, 0.3) is 0 Å². The number of nitrogens with zero attached hydrogens (tertiary/aromatic N) is 4. The van der Waals surface area contributed by atoms with Gasteiger partial charge in [-0.2, -0.15) is 4.31 Å². The van der Waals surface area contributed by atoms with E-state index >= 15 is 0 Å². The fourth-order valence-corrected chi connectivity index (χ4v) is 5.78. The highest BCUT2D eigenvalue weighted by atomic mass is 32.2. The normalized spacial score (nSPS) is 19.2. The number of nitro benzene ring substituents is 2. The van der Waals surface area contributed by atoms with E-state index in [0.717, 1.165) is 18.5 Å². The third-order valence-electron chi connectivity index (χ3n) is 6.00. The van der Waals surface area contributed by atoms with Crippen molar-refractivity contribution in [1.29, 1.82) is 0 Å². The molecule has 12 nitrogen and oxygen atoms in total. The number of piperazine rings is 1. The first kappa shape index (κ1) is 23.9. The van der Waals surface area contributed by atoms with Gasteiger partial charge in [-0.3, -0.25) is 20.2 Å². The molecule has 13 heteroatoms. The van der Waals surface area contributed by atoms with Crippen molar-refractivity contribution in [3.63, 3.8) is 0 Å². The van der Waals surface area contributed by atoms with Crippen LogP contribution < -0.4 is 10.2 Å². The number of benzene rings is 2. The summed E-state index contributed by atoms with van der Waals surface area (Å²) in [5, 5.41) is 25.9. The van der Waals surface area contributed by atoms with E-state index in [2.05, 4.69) is 5.32 Å². The van der Waals surface area contributed by atoms with E-state index in [1.54, 1.807) is 12.1 Å². The Morgan fingerprint density at radius 3 is 2.35 bits per heavy atom. The van der Waals surface area contributed by atoms with E-state index in [-0.39, 0.29) is 29.8 Å². The summed E-state index contributed by atoms with van der Waals surface area (Å²) in [6.45, 7) is 2.08. The Bertz CT molecular complexity index is 1180. The van der Waals surface area contributed by atoms with Gasteiger partial charge in [-0.15, -0.1) is 0 Å². The minimum absolute atomic E-state index is 0.0130. The molecule has 0 spiro atoms. The average molecular weight is 492 g/mol. The molecule has 2 heterocycles. The minimum Gasteiger partial charge on any atom is -0.377 e. The van der Waals surface area contributed by atoms with Crippen LogP contribution in [-0.4, -0.2) is 68.0 Å². The Morgan fingerprint density at radius 1 is 1.00 bits per heavy atom. The van der Waals surface area contributed by atoms with Gasteiger partial charge in [-0.05, 0) is 31.0 Å². The van der Waals surface area contributed by atoms with Crippen LogP contribution in [0.15, 0.2) is 47.4 Å². The lowest BCUT2D eigenvalue weighted by Gasteiger charge is -2.35. The number of anilines is 2. The molecule has 2 aromatic rings. The van der Waals surface area contributed by atoms with E-state index < -0.39 is 25.6 Å². The molecule has 0 saturated carbocycles. The molecule has 182 valence electrons. The zero-order chi connectivity index (χ0) is 24.3. The molecule has 0 amide bonds. The maximum Gasteiger partial charge on any atom is 0.292 e. The van der Waals surface area contributed by atoms with E-state index in [1.807, 2.05) is 4.90 Å². The van der Waals surface area contributed by atoms with Crippen LogP contribution >= 0.6 is 0 Å². The molecule has 2 aliphatic rings. The molecule has 0 bridgehead atoms. The number of nitrogens with one attached hydrogen (secondary N) is 1. The van der Waals surface area contributed by atoms with Crippen molar-refractivity contribution in [2.75, 3.05) is 49.5 Å². The lowest BCUT2D eigenvalue weighted by Crippen LogP contribution is -2.48. The molecule has 0 aliphatic carbocycles. The van der Waals surface area contributed by atoms with Gasteiger partial charge in [-0.25, -0.2) is 8.42 Å². The Kier molecular flexibility index (Phi) is 6.95. The lowest BCUT2D eigenvalue weighted by molar-refractivity contribution is -0.387. The molecule has 1 N–H and O–H groups in total. The van der Waals surface area contributed by atoms with Crippen LogP contribution in [0, 0.1) is 20.2 Å². The van der Waals surface area contributed by atoms with E-state index in [1.165, 1.54) is 34.6 Å². The largest absolute Gasteiger partial charge is 0.377 e. The average Bonchev–Trinajstić information content (AvgIpc) is 3.36. The number of sulfonamides is 1. The third kappa shape index (κ3) is 4.95. The fourth-order valence-electron chi connectivity index (χ4n) is 4.20. The van der Waals surface area contributed by atoms with Crippen LogP contribution in [0.3, 0.4) is 0 Å². The molecular formula is C21H25N5O7S. The summed E-state index contributed by atoms with van der Waals surface area (Å²) in [6, 6.07) is 10.1. The first-order valence-corrected chi connectivity index (χ1v) is 12.3. The van der Waals surface area contributed by atoms with Gasteiger partial charge in [0.2, 0.25) is 10.0 Å². The monoisotopic (exact) mass is 491 g/mol. The minimum atomic E-state index is -4.04. The van der Waals surface area contributed by atoms with E-state index in [9.17, 15) is 28.6 Å². The highest BCUT2D eigenvalue weighted by Gasteiger charge is 2.33. The number of ether oxygens (including phenoxy) is 1. The molecule has 1 atom stereocenters. The molecule has 2 aliphatic heterocycles. The SMILES string of the molecule is O=[N+]([O-])c1ccc(N2CCN(S(=O)(=O)c3ccccc3[N+](=O)[O-])CC2)cc1NC[C@@H]1CCCO1. The van der Waals surface area contributed by atoms with Crippen molar-refractivity contribution < 1.29 is 23.0 Å². The van der Waals surface area contributed by atoms with Crippen molar-refractivity contribution >= 4 is 32.8 Å². The Morgan fingerprint density at radius 2 is 1.71 bits per heavy atom. The molecule has 34 heavy (non-hydrogen) atoms. The number of hydrogen-bond donors (Lipinski definition) is 1. The molecule has 2 saturated heterocycles. The second-order valence-corrected chi connectivity index (χ2v) is 10.00. The van der Waals surface area contributed by atoms with Crippen LogP contribution in [0.1, 0.15) is 12.8 Å². The summed E-state index contributed by atoms with van der Waals surface area (Å²) in [6.07, 6.45) is 1.88. The predicted octanol–water partition coefficient (Wildman–Crippen LogP) is 2.60. The summed E-state index contributed by atoms with van der Waals surface area (Å²) in [4.78, 5) is 23.2. The summed E-state index contributed by atoms with van der Waals surface area (Å²) in [5.74, 6) is 0. The first-order chi connectivity index (χ1) is 16.3.